The van der Waals surface area contributed by atoms with E-state index in [9.17, 15) is 9.59 Å². The van der Waals surface area contributed by atoms with Crippen LogP contribution in [0.4, 0.5) is 0 Å². The van der Waals surface area contributed by atoms with Gasteiger partial charge in [0.05, 0.1) is 11.1 Å². The zero-order chi connectivity index (χ0) is 16.2. The van der Waals surface area contributed by atoms with Crippen molar-refractivity contribution < 1.29 is 23.8 Å². The van der Waals surface area contributed by atoms with Crippen molar-refractivity contribution in [2.24, 2.45) is 11.8 Å². The second kappa shape index (κ2) is 9.52. The van der Waals surface area contributed by atoms with Crippen molar-refractivity contribution in [2.45, 2.75) is 52.3 Å². The molecule has 128 valence electrons. The highest BCUT2D eigenvalue weighted by atomic mass is 79.9. The van der Waals surface area contributed by atoms with Gasteiger partial charge in [0.2, 0.25) is 0 Å². The molecule has 1 fully saturated rings. The maximum absolute atomic E-state index is 11.3. The van der Waals surface area contributed by atoms with E-state index >= 15 is 0 Å². The molecular weight excluding hydrogens is 374 g/mol. The van der Waals surface area contributed by atoms with Crippen molar-refractivity contribution in [3.8, 4) is 0 Å². The van der Waals surface area contributed by atoms with E-state index in [1.807, 2.05) is 13.8 Å². The monoisotopic (exact) mass is 397 g/mol. The Morgan fingerprint density at radius 3 is 2.18 bits per heavy atom. The maximum atomic E-state index is 11.3. The third-order valence-electron chi connectivity index (χ3n) is 3.56. The van der Waals surface area contributed by atoms with Gasteiger partial charge in [-0.25, -0.2) is 0 Å². The van der Waals surface area contributed by atoms with Gasteiger partial charge < -0.3 is 14.2 Å². The minimum absolute atomic E-state index is 0. The summed E-state index contributed by atoms with van der Waals surface area (Å²) < 4.78 is 16.3. The average Bonchev–Trinajstić information content (AvgIpc) is 2.35. The van der Waals surface area contributed by atoms with Gasteiger partial charge in [-0.2, -0.15) is 0 Å². The van der Waals surface area contributed by atoms with Crippen LogP contribution in [0.5, 0.6) is 0 Å². The van der Waals surface area contributed by atoms with Crippen LogP contribution >= 0.6 is 28.7 Å². The minimum Gasteiger partial charge on any atom is -0.463 e. The Kier molecular flexibility index (Phi) is 9.26. The van der Waals surface area contributed by atoms with Crippen LogP contribution in [0, 0.1) is 17.2 Å². The van der Waals surface area contributed by atoms with Crippen molar-refractivity contribution in [3.63, 3.8) is 0 Å². The van der Waals surface area contributed by atoms with Gasteiger partial charge >= 0.3 is 11.9 Å². The molecule has 0 aromatic carbocycles. The van der Waals surface area contributed by atoms with E-state index in [1.165, 1.54) is 25.6 Å². The summed E-state index contributed by atoms with van der Waals surface area (Å²) >= 11 is 1.21. The number of ether oxygens (including phenoxy) is 3. The van der Waals surface area contributed by atoms with Crippen molar-refractivity contribution in [1.82, 2.24) is 0 Å². The molecule has 6 nitrogen and oxygen atoms in total. The molecule has 1 rings (SSSR count). The molecule has 5 unspecified atom stereocenters. The molecule has 0 bridgehead atoms. The van der Waals surface area contributed by atoms with Gasteiger partial charge in [0.1, 0.15) is 18.1 Å². The second-order valence-corrected chi connectivity index (χ2v) is 6.62. The highest BCUT2D eigenvalue weighted by Gasteiger charge is 2.44. The van der Waals surface area contributed by atoms with Gasteiger partial charge in [-0.1, -0.05) is 25.6 Å². The third kappa shape index (κ3) is 6.26. The fourth-order valence-electron chi connectivity index (χ4n) is 2.27. The van der Waals surface area contributed by atoms with Crippen LogP contribution in [0.3, 0.4) is 0 Å². The third-order valence-corrected chi connectivity index (χ3v) is 4.52. The molecule has 22 heavy (non-hydrogen) atoms. The number of nitrogens with one attached hydrogen (secondary N) is 1. The summed E-state index contributed by atoms with van der Waals surface area (Å²) in [6.45, 7) is 8.50. The first-order valence-corrected chi connectivity index (χ1v) is 7.78. The van der Waals surface area contributed by atoms with E-state index in [4.69, 9.17) is 19.6 Å². The summed E-state index contributed by atoms with van der Waals surface area (Å²) in [4.78, 5) is 22.2. The number of esters is 2. The highest BCUT2D eigenvalue weighted by Crippen LogP contribution is 2.37. The minimum atomic E-state index is -0.460. The topological polar surface area (TPSA) is 85.7 Å². The summed E-state index contributed by atoms with van der Waals surface area (Å²) in [5.74, 6) is -0.612. The zero-order valence-corrected chi connectivity index (χ0v) is 16.0. The first-order valence-electron chi connectivity index (χ1n) is 6.90. The Bertz CT molecular complexity index is 418. The van der Waals surface area contributed by atoms with Crippen molar-refractivity contribution in [1.29, 1.82) is 5.41 Å². The van der Waals surface area contributed by atoms with E-state index in [0.29, 0.717) is 5.04 Å². The largest absolute Gasteiger partial charge is 0.463 e. The van der Waals surface area contributed by atoms with Crippen molar-refractivity contribution >= 4 is 45.7 Å². The van der Waals surface area contributed by atoms with E-state index in [0.717, 1.165) is 0 Å². The molecule has 1 saturated heterocycles. The molecule has 0 aromatic heterocycles. The number of thioether (sulfide) groups is 1. The highest BCUT2D eigenvalue weighted by molar-refractivity contribution is 8.93. The molecule has 0 amide bonds. The van der Waals surface area contributed by atoms with Gasteiger partial charge in [0.25, 0.3) is 0 Å². The van der Waals surface area contributed by atoms with E-state index in [2.05, 4.69) is 0 Å². The van der Waals surface area contributed by atoms with Crippen LogP contribution < -0.4 is 0 Å². The van der Waals surface area contributed by atoms with Crippen LogP contribution in [0.15, 0.2) is 0 Å². The number of rotatable bonds is 4. The van der Waals surface area contributed by atoms with Crippen molar-refractivity contribution in [3.05, 3.63) is 0 Å². The molecule has 0 aliphatic carbocycles. The predicted molar refractivity (Wildman–Crippen MR) is 90.5 cm³/mol. The Balaban J connectivity index is 0.00000441. The molecule has 0 radical (unpaired) electrons. The van der Waals surface area contributed by atoms with Crippen LogP contribution in [-0.2, 0) is 23.8 Å². The first-order chi connectivity index (χ1) is 9.72. The van der Waals surface area contributed by atoms with E-state index < -0.39 is 11.5 Å². The number of carbonyl (C=O) groups is 2. The molecule has 0 aromatic rings. The molecule has 1 heterocycles. The lowest BCUT2D eigenvalue weighted by atomic mass is 9.84. The second-order valence-electron chi connectivity index (χ2n) is 5.31. The fourth-order valence-corrected chi connectivity index (χ4v) is 3.26. The van der Waals surface area contributed by atoms with Crippen LogP contribution in [0.25, 0.3) is 0 Å². The quantitative estimate of drug-likeness (QED) is 0.445. The lowest BCUT2D eigenvalue weighted by Gasteiger charge is -2.43. The summed E-state index contributed by atoms with van der Waals surface area (Å²) in [6.07, 6.45) is -0.691. The molecule has 0 spiro atoms. The summed E-state index contributed by atoms with van der Waals surface area (Å²) in [7, 11) is 0. The molecule has 1 aliphatic heterocycles. The van der Waals surface area contributed by atoms with Crippen LogP contribution in [0.2, 0.25) is 0 Å². The Morgan fingerprint density at radius 2 is 1.73 bits per heavy atom. The molecule has 1 N–H and O–H groups in total. The van der Waals surface area contributed by atoms with E-state index in [1.54, 1.807) is 6.92 Å². The smallest absolute Gasteiger partial charge is 0.303 e. The summed E-state index contributed by atoms with van der Waals surface area (Å²) in [5.41, 5.74) is -0.460. The van der Waals surface area contributed by atoms with Gasteiger partial charge in [0, 0.05) is 19.8 Å². The number of halogens is 1. The normalized spacial score (nSPS) is 30.9. The Labute approximate surface area is 145 Å². The zero-order valence-electron chi connectivity index (χ0n) is 13.5. The summed E-state index contributed by atoms with van der Waals surface area (Å²) in [5, 5.41) is 7.99. The molecule has 0 saturated carbocycles. The molecule has 5 atom stereocenters. The van der Waals surface area contributed by atoms with Crippen molar-refractivity contribution in [2.75, 3.05) is 6.61 Å². The average molecular weight is 398 g/mol. The summed E-state index contributed by atoms with van der Waals surface area (Å²) in [6, 6.07) is 0. The van der Waals surface area contributed by atoms with E-state index in [-0.39, 0.29) is 53.5 Å². The number of carbonyl (C=O) groups excluding carboxylic acids is 2. The van der Waals surface area contributed by atoms with Crippen LogP contribution in [0.1, 0.15) is 34.6 Å². The number of hydrogen-bond donors (Lipinski definition) is 1. The van der Waals surface area contributed by atoms with Gasteiger partial charge in [-0.05, 0) is 12.8 Å². The van der Waals surface area contributed by atoms with Crippen LogP contribution in [-0.4, -0.2) is 41.2 Å². The molecule has 1 aliphatic rings. The lowest BCUT2D eigenvalue weighted by Crippen LogP contribution is -2.51. The Hall–Kier alpha value is -0.600. The first kappa shape index (κ1) is 21.4. The van der Waals surface area contributed by atoms with Gasteiger partial charge in [0.15, 0.2) is 0 Å². The molecular formula is C14H24BrNO5S. The fraction of sp³-hybridized carbons (Fsp3) is 0.786. The molecule has 8 heteroatoms. The lowest BCUT2D eigenvalue weighted by molar-refractivity contribution is -0.184. The standard InChI is InChI=1S/C14H23NO5S.BrH/c1-7-8(2)13(19-11(5)17)14(21-9(3)15)20-12(7)6-18-10(4)16;/h7-8,12-15H,6H2,1-5H3;1H. The predicted octanol–water partition coefficient (Wildman–Crippen LogP) is 2.79. The maximum Gasteiger partial charge on any atom is 0.303 e. The SMILES string of the molecule is Br.CC(=N)SC1OC(COC(C)=O)C(C)C(C)C1OC(C)=O. The van der Waals surface area contributed by atoms with Gasteiger partial charge in [-0.15, -0.1) is 17.0 Å². The Morgan fingerprint density at radius 1 is 1.14 bits per heavy atom. The number of hydrogen-bond acceptors (Lipinski definition) is 7. The van der Waals surface area contributed by atoms with Gasteiger partial charge in [-0.3, -0.25) is 15.0 Å².